The fourth-order valence-electron chi connectivity index (χ4n) is 3.57. The molecule has 1 amide bonds. The first-order chi connectivity index (χ1) is 11.5. The third kappa shape index (κ3) is 3.15. The summed E-state index contributed by atoms with van der Waals surface area (Å²) in [6, 6.07) is 2.05. The lowest BCUT2D eigenvalue weighted by Gasteiger charge is -2.30. The molecule has 2 unspecified atom stereocenters. The number of aromatic nitrogens is 3. The lowest BCUT2D eigenvalue weighted by atomic mass is 9.85. The van der Waals surface area contributed by atoms with Crippen molar-refractivity contribution in [1.29, 1.82) is 0 Å². The molecular weight excluding hydrogens is 304 g/mol. The Balaban J connectivity index is 1.92. The van der Waals surface area contributed by atoms with Gasteiger partial charge in [-0.25, -0.2) is 9.67 Å². The minimum absolute atomic E-state index is 0.0416. The highest BCUT2D eigenvalue weighted by molar-refractivity contribution is 6.05. The summed E-state index contributed by atoms with van der Waals surface area (Å²) >= 11 is 0. The van der Waals surface area contributed by atoms with E-state index in [9.17, 15) is 9.90 Å². The van der Waals surface area contributed by atoms with Gasteiger partial charge in [0.25, 0.3) is 5.91 Å². The van der Waals surface area contributed by atoms with Gasteiger partial charge in [-0.15, -0.1) is 0 Å². The number of aryl methyl sites for hydroxylation is 1. The molecule has 130 valence electrons. The van der Waals surface area contributed by atoms with Crippen molar-refractivity contribution >= 4 is 16.9 Å². The molecule has 0 bridgehead atoms. The van der Waals surface area contributed by atoms with Crippen LogP contribution in [0.4, 0.5) is 0 Å². The second-order valence-corrected chi connectivity index (χ2v) is 7.04. The number of rotatable bonds is 4. The molecule has 6 heteroatoms. The van der Waals surface area contributed by atoms with E-state index < -0.39 is 0 Å². The Labute approximate surface area is 142 Å². The van der Waals surface area contributed by atoms with Crippen LogP contribution < -0.4 is 5.32 Å². The van der Waals surface area contributed by atoms with Gasteiger partial charge < -0.3 is 10.4 Å². The standard InChI is InChI=1S/C18H26N4O2/c1-11(2)22-17-15(9-19-22)14(8-12(3)20-17)18(24)21-16-7-5-4-6-13(16)10-23/h8-9,11,13,16,23H,4-7,10H2,1-3H3,(H,21,24). The van der Waals surface area contributed by atoms with Gasteiger partial charge in [0.05, 0.1) is 17.1 Å². The molecule has 1 aliphatic carbocycles. The summed E-state index contributed by atoms with van der Waals surface area (Å²) < 4.78 is 1.84. The summed E-state index contributed by atoms with van der Waals surface area (Å²) in [5.74, 6) is 0.0543. The molecule has 1 saturated carbocycles. The van der Waals surface area contributed by atoms with Crippen LogP contribution in [-0.4, -0.2) is 38.4 Å². The van der Waals surface area contributed by atoms with Crippen molar-refractivity contribution in [2.24, 2.45) is 5.92 Å². The summed E-state index contributed by atoms with van der Waals surface area (Å²) in [5, 5.41) is 17.9. The van der Waals surface area contributed by atoms with Gasteiger partial charge in [0, 0.05) is 30.3 Å². The Morgan fingerprint density at radius 3 is 2.88 bits per heavy atom. The maximum Gasteiger partial charge on any atom is 0.252 e. The number of nitrogens with zero attached hydrogens (tertiary/aromatic N) is 3. The SMILES string of the molecule is Cc1cc(C(=O)NC2CCCCC2CO)c2cnn(C(C)C)c2n1. The first-order valence-corrected chi connectivity index (χ1v) is 8.78. The van der Waals surface area contributed by atoms with Crippen molar-refractivity contribution in [3.63, 3.8) is 0 Å². The Morgan fingerprint density at radius 1 is 1.42 bits per heavy atom. The van der Waals surface area contributed by atoms with Crippen molar-refractivity contribution in [2.75, 3.05) is 6.61 Å². The molecule has 0 aliphatic heterocycles. The van der Waals surface area contributed by atoms with Crippen LogP contribution in [0.3, 0.4) is 0 Å². The summed E-state index contributed by atoms with van der Waals surface area (Å²) in [4.78, 5) is 17.4. The molecule has 0 radical (unpaired) electrons. The van der Waals surface area contributed by atoms with E-state index in [1.54, 1.807) is 6.20 Å². The fraction of sp³-hybridized carbons (Fsp3) is 0.611. The van der Waals surface area contributed by atoms with Gasteiger partial charge in [-0.3, -0.25) is 4.79 Å². The third-order valence-electron chi connectivity index (χ3n) is 4.89. The molecule has 2 aromatic rings. The zero-order valence-electron chi connectivity index (χ0n) is 14.6. The number of aliphatic hydroxyl groups excluding tert-OH is 1. The largest absolute Gasteiger partial charge is 0.396 e. The van der Waals surface area contributed by atoms with Gasteiger partial charge in [-0.2, -0.15) is 5.10 Å². The lowest BCUT2D eigenvalue weighted by molar-refractivity contribution is 0.0874. The van der Waals surface area contributed by atoms with E-state index in [4.69, 9.17) is 0 Å². The van der Waals surface area contributed by atoms with Crippen molar-refractivity contribution in [1.82, 2.24) is 20.1 Å². The van der Waals surface area contributed by atoms with Crippen molar-refractivity contribution in [2.45, 2.75) is 58.5 Å². The first-order valence-electron chi connectivity index (χ1n) is 8.78. The number of hydrogen-bond donors (Lipinski definition) is 2. The predicted molar refractivity (Wildman–Crippen MR) is 92.9 cm³/mol. The number of hydrogen-bond acceptors (Lipinski definition) is 4. The normalized spacial score (nSPS) is 21.4. The summed E-state index contributed by atoms with van der Waals surface area (Å²) in [7, 11) is 0. The average Bonchev–Trinajstić information content (AvgIpc) is 2.98. The van der Waals surface area contributed by atoms with E-state index in [-0.39, 0.29) is 30.5 Å². The van der Waals surface area contributed by atoms with Crippen LogP contribution in [0.5, 0.6) is 0 Å². The van der Waals surface area contributed by atoms with Crippen molar-refractivity contribution in [3.8, 4) is 0 Å². The topological polar surface area (TPSA) is 80.0 Å². The Hall–Kier alpha value is -1.95. The monoisotopic (exact) mass is 330 g/mol. The molecule has 6 nitrogen and oxygen atoms in total. The van der Waals surface area contributed by atoms with E-state index in [2.05, 4.69) is 15.4 Å². The Bertz CT molecular complexity index is 738. The Morgan fingerprint density at radius 2 is 2.17 bits per heavy atom. The van der Waals surface area contributed by atoms with Crippen LogP contribution in [0.1, 0.15) is 61.6 Å². The highest BCUT2D eigenvalue weighted by Crippen LogP contribution is 2.25. The number of aliphatic hydroxyl groups is 1. The quantitative estimate of drug-likeness (QED) is 0.903. The molecule has 1 aliphatic rings. The number of amides is 1. The molecule has 24 heavy (non-hydrogen) atoms. The molecule has 3 rings (SSSR count). The highest BCUT2D eigenvalue weighted by atomic mass is 16.3. The molecule has 2 aromatic heterocycles. The molecule has 2 N–H and O–H groups in total. The number of fused-ring (bicyclic) bond motifs is 1. The summed E-state index contributed by atoms with van der Waals surface area (Å²) in [5.41, 5.74) is 2.17. The Kier molecular flexibility index (Phi) is 4.85. The van der Waals surface area contributed by atoms with Gasteiger partial charge in [-0.05, 0) is 39.7 Å². The van der Waals surface area contributed by atoms with E-state index in [0.717, 1.165) is 42.4 Å². The van der Waals surface area contributed by atoms with Crippen LogP contribution in [0.2, 0.25) is 0 Å². The number of pyridine rings is 1. The minimum atomic E-state index is -0.0980. The van der Waals surface area contributed by atoms with Gasteiger partial charge >= 0.3 is 0 Å². The maximum atomic E-state index is 12.9. The van der Waals surface area contributed by atoms with Gasteiger partial charge in [-0.1, -0.05) is 12.8 Å². The van der Waals surface area contributed by atoms with Crippen LogP contribution in [0, 0.1) is 12.8 Å². The fourth-order valence-corrected chi connectivity index (χ4v) is 3.57. The second kappa shape index (κ2) is 6.89. The maximum absolute atomic E-state index is 12.9. The van der Waals surface area contributed by atoms with Crippen LogP contribution in [0.25, 0.3) is 11.0 Å². The molecule has 2 heterocycles. The van der Waals surface area contributed by atoms with E-state index in [0.29, 0.717) is 5.56 Å². The van der Waals surface area contributed by atoms with Gasteiger partial charge in [0.15, 0.2) is 5.65 Å². The smallest absolute Gasteiger partial charge is 0.252 e. The van der Waals surface area contributed by atoms with Crippen LogP contribution >= 0.6 is 0 Å². The molecule has 0 aromatic carbocycles. The molecule has 2 atom stereocenters. The number of carbonyl (C=O) groups excluding carboxylic acids is 1. The van der Waals surface area contributed by atoms with E-state index in [1.807, 2.05) is 31.5 Å². The van der Waals surface area contributed by atoms with Crippen LogP contribution in [-0.2, 0) is 0 Å². The van der Waals surface area contributed by atoms with E-state index >= 15 is 0 Å². The zero-order chi connectivity index (χ0) is 17.3. The minimum Gasteiger partial charge on any atom is -0.396 e. The predicted octanol–water partition coefficient (Wildman–Crippen LogP) is 2.60. The molecule has 1 fully saturated rings. The molecule has 0 spiro atoms. The van der Waals surface area contributed by atoms with Crippen LogP contribution in [0.15, 0.2) is 12.3 Å². The lowest BCUT2D eigenvalue weighted by Crippen LogP contribution is -2.43. The number of carbonyl (C=O) groups is 1. The first kappa shape index (κ1) is 16.9. The van der Waals surface area contributed by atoms with Gasteiger partial charge in [0.1, 0.15) is 0 Å². The van der Waals surface area contributed by atoms with Crippen molar-refractivity contribution < 1.29 is 9.90 Å². The van der Waals surface area contributed by atoms with Crippen molar-refractivity contribution in [3.05, 3.63) is 23.5 Å². The molecule has 0 saturated heterocycles. The highest BCUT2D eigenvalue weighted by Gasteiger charge is 2.27. The zero-order valence-corrected chi connectivity index (χ0v) is 14.6. The van der Waals surface area contributed by atoms with Gasteiger partial charge in [0.2, 0.25) is 0 Å². The summed E-state index contributed by atoms with van der Waals surface area (Å²) in [6.07, 6.45) is 5.84. The number of nitrogens with one attached hydrogen (secondary N) is 1. The third-order valence-corrected chi connectivity index (χ3v) is 4.89. The molecular formula is C18H26N4O2. The van der Waals surface area contributed by atoms with E-state index in [1.165, 1.54) is 0 Å². The second-order valence-electron chi connectivity index (χ2n) is 7.04. The average molecular weight is 330 g/mol. The summed E-state index contributed by atoms with van der Waals surface area (Å²) in [6.45, 7) is 6.11.